The van der Waals surface area contributed by atoms with Crippen molar-refractivity contribution in [1.82, 2.24) is 25.1 Å². The third kappa shape index (κ3) is 16.4. The van der Waals surface area contributed by atoms with Crippen molar-refractivity contribution in [2.24, 2.45) is 5.92 Å². The minimum absolute atomic E-state index is 0.0415. The summed E-state index contributed by atoms with van der Waals surface area (Å²) in [5.74, 6) is -0.446. The molecule has 0 radical (unpaired) electrons. The number of aliphatic hydroxyl groups is 1. The highest BCUT2D eigenvalue weighted by atomic mass is 28.4. The molecule has 2 heterocycles. The fourth-order valence-corrected chi connectivity index (χ4v) is 10.0. The van der Waals surface area contributed by atoms with Crippen LogP contribution in [0, 0.1) is 5.92 Å². The van der Waals surface area contributed by atoms with Gasteiger partial charge in [-0.1, -0.05) is 97.9 Å². The minimum Gasteiger partial charge on any atom is -0.497 e. The van der Waals surface area contributed by atoms with E-state index in [1.54, 1.807) is 52.1 Å². The monoisotopic (exact) mass is 1030 g/mol. The molecule has 1 fully saturated rings. The number of hydrogen-bond donors (Lipinski definition) is 4. The molecule has 0 bridgehead atoms. The number of benzene rings is 2. The second kappa shape index (κ2) is 24.4. The average Bonchev–Trinajstić information content (AvgIpc) is 3.59. The van der Waals surface area contributed by atoms with Gasteiger partial charge in [-0.25, -0.2) is 9.59 Å². The lowest BCUT2D eigenvalue weighted by Crippen LogP contribution is -2.59. The first-order chi connectivity index (χ1) is 32.9. The van der Waals surface area contributed by atoms with E-state index in [2.05, 4.69) is 83.7 Å². The number of nitrogens with zero attached hydrogens (tertiary/aromatic N) is 2. The summed E-state index contributed by atoms with van der Waals surface area (Å²) in [4.78, 5) is 68.6. The van der Waals surface area contributed by atoms with E-state index in [-0.39, 0.29) is 42.2 Å². The Bertz CT molecular complexity index is 2340. The van der Waals surface area contributed by atoms with Gasteiger partial charge in [0.05, 0.1) is 13.7 Å². The Balaban J connectivity index is 1.69. The highest BCUT2D eigenvalue weighted by molar-refractivity contribution is 6.74. The van der Waals surface area contributed by atoms with Crippen molar-refractivity contribution in [1.29, 1.82) is 0 Å². The first-order valence-electron chi connectivity index (χ1n) is 24.7. The molecule has 1 aliphatic rings. The zero-order valence-electron chi connectivity index (χ0n) is 45.0. The summed E-state index contributed by atoms with van der Waals surface area (Å²) in [6.07, 6.45) is -4.78. The Morgan fingerprint density at radius 2 is 1.39 bits per heavy atom. The topological polar surface area (TPSA) is 207 Å². The number of rotatable bonds is 22. The van der Waals surface area contributed by atoms with Crippen LogP contribution in [0.2, 0.25) is 36.3 Å². The molecule has 3 aromatic rings. The molecule has 0 saturated carbocycles. The number of alkyl carbamates (subject to hydrolysis) is 1. The number of hydrogen-bond acceptors (Lipinski definition) is 13. The molecule has 1 unspecified atom stereocenters. The summed E-state index contributed by atoms with van der Waals surface area (Å²) in [5, 5.41) is 20.9. The Labute approximate surface area is 422 Å². The summed E-state index contributed by atoms with van der Waals surface area (Å²) in [7, 11) is -3.95. The summed E-state index contributed by atoms with van der Waals surface area (Å²) >= 11 is 0. The number of ether oxygens (including phenoxy) is 4. The summed E-state index contributed by atoms with van der Waals surface area (Å²) in [6, 6.07) is 15.3. The Kier molecular flexibility index (Phi) is 20.2. The zero-order chi connectivity index (χ0) is 53.3. The second-order valence-electron chi connectivity index (χ2n) is 22.9. The molecule has 71 heavy (non-hydrogen) atoms. The number of amides is 2. The van der Waals surface area contributed by atoms with Crippen LogP contribution in [0.15, 0.2) is 76.4 Å². The molecule has 4 N–H and O–H groups in total. The van der Waals surface area contributed by atoms with Crippen LogP contribution in [0.5, 0.6) is 5.75 Å². The van der Waals surface area contributed by atoms with Crippen molar-refractivity contribution >= 4 is 34.6 Å². The molecular weight excluding hydrogens is 943 g/mol. The van der Waals surface area contributed by atoms with Crippen LogP contribution in [-0.2, 0) is 45.8 Å². The number of carbonyl (C=O) groups excluding carboxylic acids is 3. The first kappa shape index (κ1) is 58.9. The third-order valence-electron chi connectivity index (χ3n) is 13.5. The van der Waals surface area contributed by atoms with Crippen LogP contribution >= 0.6 is 0 Å². The van der Waals surface area contributed by atoms with Crippen LogP contribution in [0.3, 0.4) is 0 Å². The molecule has 0 aliphatic carbocycles. The first-order valence-corrected chi connectivity index (χ1v) is 30.5. The Hall–Kier alpha value is -4.64. The molecule has 2 amide bonds. The van der Waals surface area contributed by atoms with Gasteiger partial charge in [-0.2, -0.15) is 0 Å². The van der Waals surface area contributed by atoms with E-state index in [9.17, 15) is 29.1 Å². The van der Waals surface area contributed by atoms with Crippen molar-refractivity contribution in [3.05, 3.63) is 98.8 Å². The lowest BCUT2D eigenvalue weighted by molar-refractivity contribution is -0.166. The standard InChI is InChI=1S/C52H83N5O12Si2/c1-34(2)31-38(55-48(62)65-33-36-21-18-17-19-22-36)45(60)54-29-20-28-53-40(47(61)67-50(3,4)5)41(59)42-43(68-70(13,14)51(6,7)8)44(69-71(15,16)52(9,10)11)46(66-42)56-30-27-39(58)57(49(56)63)32-35-23-25-37(64-12)26-24-35/h17-19,21-27,30,34,38,40-44,46,53,59H,20,28-29,31-33H2,1-16H3,(H,54,60)(H,55,62)/t38-,40-,41?,42+,43+,44+,46+/m0/s1. The van der Waals surface area contributed by atoms with Gasteiger partial charge < -0.3 is 48.9 Å². The van der Waals surface area contributed by atoms with E-state index in [0.717, 1.165) is 10.1 Å². The molecule has 17 nitrogen and oxygen atoms in total. The van der Waals surface area contributed by atoms with E-state index in [1.165, 1.54) is 16.8 Å². The highest BCUT2D eigenvalue weighted by Crippen LogP contribution is 2.46. The van der Waals surface area contributed by atoms with Crippen LogP contribution in [0.25, 0.3) is 0 Å². The maximum atomic E-state index is 14.7. The Morgan fingerprint density at radius 3 is 1.94 bits per heavy atom. The van der Waals surface area contributed by atoms with Crippen LogP contribution < -0.4 is 31.9 Å². The fourth-order valence-electron chi connectivity index (χ4n) is 7.43. The Morgan fingerprint density at radius 1 is 0.803 bits per heavy atom. The molecular formula is C52H83N5O12Si2. The average molecular weight is 1030 g/mol. The number of esters is 1. The molecule has 0 spiro atoms. The van der Waals surface area contributed by atoms with Crippen LogP contribution in [-0.4, -0.2) is 111 Å². The molecule has 1 aromatic heterocycles. The SMILES string of the molecule is COc1ccc(Cn2c(=O)ccn([C@@H]3O[C@H](C(O)[C@H](NCCCNC(=O)[C@H](CC(C)C)NC(=O)OCc4ccccc4)C(=O)OC(C)(C)C)[C@@H](O[Si](C)(C)C(C)(C)C)[C@H]3O[Si](C)(C)C(C)(C)C)c2=O)cc1. The van der Waals surface area contributed by atoms with Gasteiger partial charge in [-0.05, 0) is 106 Å². The van der Waals surface area contributed by atoms with Crippen molar-refractivity contribution in [2.75, 3.05) is 20.2 Å². The molecule has 1 saturated heterocycles. The van der Waals surface area contributed by atoms with Crippen molar-refractivity contribution in [3.63, 3.8) is 0 Å². The third-order valence-corrected chi connectivity index (χ3v) is 22.4. The molecule has 396 valence electrons. The van der Waals surface area contributed by atoms with Crippen molar-refractivity contribution < 1.29 is 47.3 Å². The number of nitrogens with one attached hydrogen (secondary N) is 3. The summed E-state index contributed by atoms with van der Waals surface area (Å²) in [5.41, 5.74) is -0.630. The summed E-state index contributed by atoms with van der Waals surface area (Å²) < 4.78 is 40.4. The number of aromatic nitrogens is 2. The normalized spacial score (nSPS) is 19.2. The molecule has 19 heteroatoms. The highest BCUT2D eigenvalue weighted by Gasteiger charge is 2.58. The van der Waals surface area contributed by atoms with E-state index >= 15 is 0 Å². The van der Waals surface area contributed by atoms with Gasteiger partial charge in [-0.3, -0.25) is 23.5 Å². The maximum absolute atomic E-state index is 14.7. The smallest absolute Gasteiger partial charge is 0.408 e. The molecule has 2 aromatic carbocycles. The predicted molar refractivity (Wildman–Crippen MR) is 279 cm³/mol. The van der Waals surface area contributed by atoms with Gasteiger partial charge in [-0.15, -0.1) is 0 Å². The second-order valence-corrected chi connectivity index (χ2v) is 32.5. The summed E-state index contributed by atoms with van der Waals surface area (Å²) in [6.45, 7) is 30.2. The van der Waals surface area contributed by atoms with Crippen molar-refractivity contribution in [2.45, 2.75) is 187 Å². The molecule has 1 aliphatic heterocycles. The quantitative estimate of drug-likeness (QED) is 0.0445. The van der Waals surface area contributed by atoms with E-state index < -0.39 is 94.2 Å². The van der Waals surface area contributed by atoms with E-state index in [1.807, 2.05) is 44.2 Å². The molecule has 4 rings (SSSR count). The van der Waals surface area contributed by atoms with Gasteiger partial charge in [0, 0.05) is 18.8 Å². The largest absolute Gasteiger partial charge is 0.497 e. The fraction of sp³-hybridized carbons (Fsp3) is 0.635. The van der Waals surface area contributed by atoms with Crippen LogP contribution in [0.4, 0.5) is 4.79 Å². The number of methoxy groups -OCH3 is 1. The van der Waals surface area contributed by atoms with E-state index in [4.69, 9.17) is 27.8 Å². The zero-order valence-corrected chi connectivity index (χ0v) is 47.0. The van der Waals surface area contributed by atoms with Gasteiger partial charge in [0.25, 0.3) is 5.56 Å². The van der Waals surface area contributed by atoms with Gasteiger partial charge in [0.2, 0.25) is 5.91 Å². The van der Waals surface area contributed by atoms with Crippen molar-refractivity contribution in [3.8, 4) is 5.75 Å². The van der Waals surface area contributed by atoms with Gasteiger partial charge >= 0.3 is 17.8 Å². The maximum Gasteiger partial charge on any atom is 0.408 e. The number of aliphatic hydroxyl groups excluding tert-OH is 1. The predicted octanol–water partition coefficient (Wildman–Crippen LogP) is 7.25. The van der Waals surface area contributed by atoms with Gasteiger partial charge in [0.1, 0.15) is 54.5 Å². The van der Waals surface area contributed by atoms with E-state index in [0.29, 0.717) is 24.2 Å². The lowest BCUT2D eigenvalue weighted by Gasteiger charge is -2.44. The minimum atomic E-state index is -2.76. The lowest BCUT2D eigenvalue weighted by atomic mass is 9.99. The molecule has 7 atom stereocenters. The van der Waals surface area contributed by atoms with Gasteiger partial charge in [0.15, 0.2) is 22.9 Å². The number of carbonyl (C=O) groups is 3. The van der Waals surface area contributed by atoms with Crippen LogP contribution in [0.1, 0.15) is 106 Å².